The van der Waals surface area contributed by atoms with Crippen molar-refractivity contribution in [2.75, 3.05) is 0 Å². The zero-order valence-electron chi connectivity index (χ0n) is 7.79. The van der Waals surface area contributed by atoms with Crippen LogP contribution >= 0.6 is 0 Å². The predicted octanol–water partition coefficient (Wildman–Crippen LogP) is 2.59. The van der Waals surface area contributed by atoms with Crippen LogP contribution < -0.4 is 0 Å². The Bertz CT molecular complexity index is 216. The molecular formula is C10H14OSn. The molecule has 0 amide bonds. The van der Waals surface area contributed by atoms with Crippen LogP contribution in [0.4, 0.5) is 0 Å². The van der Waals surface area contributed by atoms with E-state index in [1.807, 2.05) is 31.2 Å². The monoisotopic (exact) mass is 270 g/mol. The van der Waals surface area contributed by atoms with E-state index in [0.29, 0.717) is 0 Å². The first kappa shape index (κ1) is 11.7. The Balaban J connectivity index is 0.000000354. The molecule has 64 valence electrons. The molecule has 0 aromatic heterocycles. The van der Waals surface area contributed by atoms with E-state index in [0.717, 1.165) is 11.8 Å². The first-order valence-corrected chi connectivity index (χ1v) is 9.55. The molecule has 0 unspecified atom stereocenters. The Kier molecular flexibility index (Phi) is 7.15. The Labute approximate surface area is 84.4 Å². The third-order valence-electron chi connectivity index (χ3n) is 1.21. The molecule has 0 aliphatic heterocycles. The van der Waals surface area contributed by atoms with Crippen molar-refractivity contribution >= 4 is 27.4 Å². The second-order valence-electron chi connectivity index (χ2n) is 2.53. The fourth-order valence-electron chi connectivity index (χ4n) is 0.645. The van der Waals surface area contributed by atoms with E-state index in [1.54, 1.807) is 0 Å². The van der Waals surface area contributed by atoms with Crippen LogP contribution in [0.3, 0.4) is 0 Å². The average molecular weight is 269 g/mol. The van der Waals surface area contributed by atoms with Crippen molar-refractivity contribution < 1.29 is 4.79 Å². The molecule has 1 nitrogen and oxygen atoms in total. The number of benzene rings is 1. The molecule has 0 bridgehead atoms. The number of carbonyl (C=O) groups excluding carboxylic acids is 1. The minimum atomic E-state index is 0.230. The van der Waals surface area contributed by atoms with E-state index in [9.17, 15) is 4.79 Å². The summed E-state index contributed by atoms with van der Waals surface area (Å²) in [5.74, 6) is 0. The molecule has 1 rings (SSSR count). The van der Waals surface area contributed by atoms with Crippen molar-refractivity contribution in [2.24, 2.45) is 0 Å². The molecule has 0 atom stereocenters. The summed E-state index contributed by atoms with van der Waals surface area (Å²) < 4.78 is 0. The molecule has 2 radical (unpaired) electrons. The van der Waals surface area contributed by atoms with Crippen molar-refractivity contribution in [3.63, 3.8) is 0 Å². The van der Waals surface area contributed by atoms with Gasteiger partial charge in [0.15, 0.2) is 0 Å². The van der Waals surface area contributed by atoms with Gasteiger partial charge in [0.2, 0.25) is 0 Å². The number of aldehydes is 1. The summed E-state index contributed by atoms with van der Waals surface area (Å²) in [6, 6.07) is 7.46. The first-order chi connectivity index (χ1) is 5.74. The molecule has 2 heteroatoms. The number of carbonyl (C=O) groups is 1. The molecule has 0 N–H and O–H groups in total. The van der Waals surface area contributed by atoms with E-state index in [-0.39, 0.29) is 21.1 Å². The summed E-state index contributed by atoms with van der Waals surface area (Å²) >= 11 is 0.230. The van der Waals surface area contributed by atoms with Crippen LogP contribution in [0.2, 0.25) is 9.88 Å². The molecule has 0 saturated carbocycles. The maximum absolute atomic E-state index is 10.1. The molecular weight excluding hydrogens is 255 g/mol. The van der Waals surface area contributed by atoms with E-state index in [1.165, 1.54) is 5.56 Å². The van der Waals surface area contributed by atoms with Gasteiger partial charge in [0.05, 0.1) is 0 Å². The number of rotatable bonds is 1. The van der Waals surface area contributed by atoms with Crippen molar-refractivity contribution in [3.8, 4) is 0 Å². The molecule has 0 aliphatic rings. The van der Waals surface area contributed by atoms with Crippen LogP contribution in [0.5, 0.6) is 0 Å². The standard InChI is InChI=1S/C8H8O.2CH3.Sn/c1-7-2-4-8(6-9)5-3-7;;;/h2-6H,1H3;2*1H3;. The molecule has 0 aliphatic carbocycles. The van der Waals surface area contributed by atoms with Gasteiger partial charge in [-0.05, 0) is 6.92 Å². The Hall–Kier alpha value is -0.311. The van der Waals surface area contributed by atoms with E-state index >= 15 is 0 Å². The molecule has 0 heterocycles. The summed E-state index contributed by atoms with van der Waals surface area (Å²) in [4.78, 5) is 14.7. The molecule has 0 fully saturated rings. The maximum atomic E-state index is 10.1. The SMILES string of the molecule is Cc1ccc(C=O)cc1.[CH3][Sn][CH3]. The van der Waals surface area contributed by atoms with Crippen LogP contribution in [0, 0.1) is 6.92 Å². The van der Waals surface area contributed by atoms with Crippen LogP contribution in [0.15, 0.2) is 24.3 Å². The molecule has 1 aromatic rings. The van der Waals surface area contributed by atoms with Crippen LogP contribution in [0.25, 0.3) is 0 Å². The van der Waals surface area contributed by atoms with E-state index < -0.39 is 0 Å². The third kappa shape index (κ3) is 5.35. The molecule has 0 spiro atoms. The summed E-state index contributed by atoms with van der Waals surface area (Å²) in [7, 11) is 0. The van der Waals surface area contributed by atoms with Crippen molar-refractivity contribution in [1.82, 2.24) is 0 Å². The fourth-order valence-corrected chi connectivity index (χ4v) is 0.645. The summed E-state index contributed by atoms with van der Waals surface area (Å²) in [6.07, 6.45) is 0.847. The second-order valence-corrected chi connectivity index (χ2v) is 5.38. The van der Waals surface area contributed by atoms with Gasteiger partial charge in [0.1, 0.15) is 6.29 Å². The zero-order chi connectivity index (χ0) is 9.40. The van der Waals surface area contributed by atoms with Crippen molar-refractivity contribution in [2.45, 2.75) is 16.8 Å². The van der Waals surface area contributed by atoms with Gasteiger partial charge in [0, 0.05) is 5.56 Å². The summed E-state index contributed by atoms with van der Waals surface area (Å²) in [5, 5.41) is 0. The summed E-state index contributed by atoms with van der Waals surface area (Å²) in [5.41, 5.74) is 1.92. The van der Waals surface area contributed by atoms with Gasteiger partial charge < -0.3 is 0 Å². The van der Waals surface area contributed by atoms with Gasteiger partial charge in [0.25, 0.3) is 0 Å². The van der Waals surface area contributed by atoms with Crippen LogP contribution in [-0.4, -0.2) is 27.4 Å². The van der Waals surface area contributed by atoms with Crippen LogP contribution in [-0.2, 0) is 0 Å². The van der Waals surface area contributed by atoms with Gasteiger partial charge in [-0.1, -0.05) is 29.8 Å². The number of hydrogen-bond acceptors (Lipinski definition) is 1. The van der Waals surface area contributed by atoms with Gasteiger partial charge in [-0.15, -0.1) is 0 Å². The average Bonchev–Trinajstić information content (AvgIpc) is 2.07. The number of hydrogen-bond donors (Lipinski definition) is 0. The zero-order valence-corrected chi connectivity index (χ0v) is 10.6. The molecule has 0 saturated heterocycles. The van der Waals surface area contributed by atoms with Crippen molar-refractivity contribution in [3.05, 3.63) is 35.4 Å². The van der Waals surface area contributed by atoms with Gasteiger partial charge in [-0.25, -0.2) is 0 Å². The Morgan fingerprint density at radius 2 is 1.58 bits per heavy atom. The second kappa shape index (κ2) is 7.34. The molecule has 1 aromatic carbocycles. The van der Waals surface area contributed by atoms with Gasteiger partial charge in [-0.2, -0.15) is 0 Å². The normalized spacial score (nSPS) is 8.25. The number of aryl methyl sites for hydroxylation is 1. The van der Waals surface area contributed by atoms with Gasteiger partial charge in [-0.3, -0.25) is 4.79 Å². The minimum absolute atomic E-state index is 0.230. The Morgan fingerprint density at radius 1 is 1.17 bits per heavy atom. The first-order valence-electron chi connectivity index (χ1n) is 3.85. The predicted molar refractivity (Wildman–Crippen MR) is 54.0 cm³/mol. The third-order valence-corrected chi connectivity index (χ3v) is 1.21. The summed E-state index contributed by atoms with van der Waals surface area (Å²) in [6.45, 7) is 1.99. The van der Waals surface area contributed by atoms with Crippen LogP contribution in [0.1, 0.15) is 15.9 Å². The van der Waals surface area contributed by atoms with E-state index in [4.69, 9.17) is 0 Å². The van der Waals surface area contributed by atoms with Gasteiger partial charge >= 0.3 is 31.0 Å². The fraction of sp³-hybridized carbons (Fsp3) is 0.300. The quantitative estimate of drug-likeness (QED) is 0.565. The molecule has 12 heavy (non-hydrogen) atoms. The van der Waals surface area contributed by atoms with E-state index in [2.05, 4.69) is 9.88 Å². The Morgan fingerprint density at radius 3 is 1.92 bits per heavy atom. The van der Waals surface area contributed by atoms with Crippen molar-refractivity contribution in [1.29, 1.82) is 0 Å². The topological polar surface area (TPSA) is 17.1 Å².